The van der Waals surface area contributed by atoms with Crippen molar-refractivity contribution in [3.05, 3.63) is 47.7 Å². The summed E-state index contributed by atoms with van der Waals surface area (Å²) in [6.45, 7) is 4.66. The maximum absolute atomic E-state index is 13.4. The molecular formula is C23H30N2O5S. The number of nitrogens with zero attached hydrogens (tertiary/aromatic N) is 2. The summed E-state index contributed by atoms with van der Waals surface area (Å²) in [4.78, 5) is 17.2. The SMILES string of the molecule is CCOc1ccc(C(=O)N(Cc2ccc(N3CCCCC3)o2)C2CCS(=O)(=O)C2)cc1. The largest absolute Gasteiger partial charge is 0.494 e. The van der Waals surface area contributed by atoms with Gasteiger partial charge in [-0.1, -0.05) is 0 Å². The van der Waals surface area contributed by atoms with Crippen LogP contribution >= 0.6 is 0 Å². The number of benzene rings is 1. The summed E-state index contributed by atoms with van der Waals surface area (Å²) in [5, 5.41) is 0. The van der Waals surface area contributed by atoms with Crippen LogP contribution in [-0.2, 0) is 16.4 Å². The highest BCUT2D eigenvalue weighted by molar-refractivity contribution is 7.91. The van der Waals surface area contributed by atoms with Gasteiger partial charge in [-0.3, -0.25) is 4.79 Å². The van der Waals surface area contributed by atoms with Crippen LogP contribution in [0.25, 0.3) is 0 Å². The minimum Gasteiger partial charge on any atom is -0.494 e. The van der Waals surface area contributed by atoms with Crippen LogP contribution in [0.15, 0.2) is 40.8 Å². The fraction of sp³-hybridized carbons (Fsp3) is 0.522. The van der Waals surface area contributed by atoms with Gasteiger partial charge in [-0.25, -0.2) is 8.42 Å². The number of sulfone groups is 1. The zero-order valence-electron chi connectivity index (χ0n) is 18.0. The van der Waals surface area contributed by atoms with Gasteiger partial charge in [0.1, 0.15) is 11.5 Å². The van der Waals surface area contributed by atoms with Crippen LogP contribution < -0.4 is 9.64 Å². The van der Waals surface area contributed by atoms with Gasteiger partial charge in [-0.05, 0) is 62.9 Å². The lowest BCUT2D eigenvalue weighted by molar-refractivity contribution is 0.0666. The Bertz CT molecular complexity index is 993. The molecule has 0 N–H and O–H groups in total. The molecule has 8 heteroatoms. The number of rotatable bonds is 7. The number of carbonyl (C=O) groups excluding carboxylic acids is 1. The van der Waals surface area contributed by atoms with E-state index < -0.39 is 9.84 Å². The first-order chi connectivity index (χ1) is 14.9. The predicted octanol–water partition coefficient (Wildman–Crippen LogP) is 3.50. The topological polar surface area (TPSA) is 80.1 Å². The normalized spacial score (nSPS) is 20.5. The number of anilines is 1. The Labute approximate surface area is 183 Å². The zero-order valence-corrected chi connectivity index (χ0v) is 18.8. The molecule has 0 bridgehead atoms. The smallest absolute Gasteiger partial charge is 0.254 e. The summed E-state index contributed by atoms with van der Waals surface area (Å²) < 4.78 is 35.7. The number of carbonyl (C=O) groups is 1. The molecule has 31 heavy (non-hydrogen) atoms. The quantitative estimate of drug-likeness (QED) is 0.648. The molecule has 0 radical (unpaired) electrons. The van der Waals surface area contributed by atoms with Gasteiger partial charge in [0, 0.05) is 30.8 Å². The lowest BCUT2D eigenvalue weighted by atomic mass is 10.1. The van der Waals surface area contributed by atoms with Gasteiger partial charge in [0.15, 0.2) is 15.7 Å². The van der Waals surface area contributed by atoms with Gasteiger partial charge in [0.25, 0.3) is 5.91 Å². The maximum Gasteiger partial charge on any atom is 0.254 e. The molecule has 7 nitrogen and oxygen atoms in total. The Morgan fingerprint density at radius 3 is 2.52 bits per heavy atom. The fourth-order valence-corrected chi connectivity index (χ4v) is 6.05. The zero-order chi connectivity index (χ0) is 21.8. The number of amides is 1. The summed E-state index contributed by atoms with van der Waals surface area (Å²) >= 11 is 0. The number of piperidine rings is 1. The summed E-state index contributed by atoms with van der Waals surface area (Å²) in [7, 11) is -3.13. The number of furan rings is 1. The van der Waals surface area contributed by atoms with E-state index in [-0.39, 0.29) is 30.0 Å². The van der Waals surface area contributed by atoms with Gasteiger partial charge in [0.05, 0.1) is 24.7 Å². The molecule has 1 aromatic heterocycles. The molecule has 3 heterocycles. The second kappa shape index (κ2) is 9.34. The minimum absolute atomic E-state index is 0.00450. The van der Waals surface area contributed by atoms with Gasteiger partial charge in [-0.15, -0.1) is 0 Å². The molecule has 0 aliphatic carbocycles. The Kier molecular flexibility index (Phi) is 6.55. The standard InChI is InChI=1S/C23H30N2O5S/c1-2-29-20-8-6-18(7-9-20)23(26)25(19-12-15-31(27,28)17-19)16-21-10-11-22(30-21)24-13-4-3-5-14-24/h6-11,19H,2-5,12-17H2,1H3. The van der Waals surface area contributed by atoms with E-state index in [1.807, 2.05) is 19.1 Å². The van der Waals surface area contributed by atoms with Crippen LogP contribution in [0.4, 0.5) is 5.88 Å². The van der Waals surface area contributed by atoms with Crippen molar-refractivity contribution in [1.29, 1.82) is 0 Å². The molecule has 2 aliphatic heterocycles. The third-order valence-corrected chi connectivity index (χ3v) is 7.71. The van der Waals surface area contributed by atoms with Crippen molar-refractivity contribution < 1.29 is 22.4 Å². The molecule has 0 spiro atoms. The van der Waals surface area contributed by atoms with Crippen molar-refractivity contribution >= 4 is 21.6 Å². The molecular weight excluding hydrogens is 416 g/mol. The Hall–Kier alpha value is -2.48. The highest BCUT2D eigenvalue weighted by Crippen LogP contribution is 2.27. The third kappa shape index (κ3) is 5.23. The first-order valence-electron chi connectivity index (χ1n) is 11.0. The highest BCUT2D eigenvalue weighted by atomic mass is 32.2. The van der Waals surface area contributed by atoms with E-state index in [0.29, 0.717) is 30.1 Å². The van der Waals surface area contributed by atoms with Crippen molar-refractivity contribution in [2.75, 3.05) is 36.1 Å². The molecule has 1 unspecified atom stereocenters. The van der Waals surface area contributed by atoms with Crippen LogP contribution in [0.1, 0.15) is 48.7 Å². The Balaban J connectivity index is 1.54. The first-order valence-corrected chi connectivity index (χ1v) is 12.9. The Morgan fingerprint density at radius 1 is 1.13 bits per heavy atom. The summed E-state index contributed by atoms with van der Waals surface area (Å²) in [6, 6.07) is 10.5. The molecule has 1 aromatic carbocycles. The molecule has 1 amide bonds. The predicted molar refractivity (Wildman–Crippen MR) is 119 cm³/mol. The van der Waals surface area contributed by atoms with Crippen LogP contribution in [-0.4, -0.2) is 56.5 Å². The van der Waals surface area contributed by atoms with E-state index in [4.69, 9.17) is 9.15 Å². The lowest BCUT2D eigenvalue weighted by Crippen LogP contribution is -2.40. The fourth-order valence-electron chi connectivity index (χ4n) is 4.32. The van der Waals surface area contributed by atoms with E-state index in [2.05, 4.69) is 4.90 Å². The average molecular weight is 447 g/mol. The van der Waals surface area contributed by atoms with Gasteiger partial charge < -0.3 is 19.0 Å². The van der Waals surface area contributed by atoms with Crippen LogP contribution in [0.5, 0.6) is 5.75 Å². The van der Waals surface area contributed by atoms with Crippen LogP contribution in [0, 0.1) is 0 Å². The minimum atomic E-state index is -3.13. The van der Waals surface area contributed by atoms with Crippen molar-refractivity contribution in [1.82, 2.24) is 4.90 Å². The Morgan fingerprint density at radius 2 is 1.87 bits per heavy atom. The van der Waals surface area contributed by atoms with Gasteiger partial charge >= 0.3 is 0 Å². The van der Waals surface area contributed by atoms with E-state index >= 15 is 0 Å². The van der Waals surface area contributed by atoms with Gasteiger partial charge in [0.2, 0.25) is 0 Å². The molecule has 0 saturated carbocycles. The van der Waals surface area contributed by atoms with Crippen molar-refractivity contribution in [2.24, 2.45) is 0 Å². The first kappa shape index (κ1) is 21.7. The van der Waals surface area contributed by atoms with E-state index in [9.17, 15) is 13.2 Å². The van der Waals surface area contributed by atoms with Crippen LogP contribution in [0.2, 0.25) is 0 Å². The van der Waals surface area contributed by atoms with E-state index in [1.54, 1.807) is 29.2 Å². The maximum atomic E-state index is 13.4. The summed E-state index contributed by atoms with van der Waals surface area (Å²) in [5.41, 5.74) is 0.510. The molecule has 2 saturated heterocycles. The van der Waals surface area contributed by atoms with E-state index in [0.717, 1.165) is 31.8 Å². The van der Waals surface area contributed by atoms with Crippen LogP contribution in [0.3, 0.4) is 0 Å². The lowest BCUT2D eigenvalue weighted by Gasteiger charge is -2.28. The van der Waals surface area contributed by atoms with Crippen molar-refractivity contribution in [3.8, 4) is 5.75 Å². The molecule has 4 rings (SSSR count). The molecule has 168 valence electrons. The molecule has 1 atom stereocenters. The molecule has 2 aromatic rings. The van der Waals surface area contributed by atoms with Crippen molar-refractivity contribution in [2.45, 2.75) is 45.2 Å². The van der Waals surface area contributed by atoms with Crippen molar-refractivity contribution in [3.63, 3.8) is 0 Å². The highest BCUT2D eigenvalue weighted by Gasteiger charge is 2.35. The number of ether oxygens (including phenoxy) is 1. The molecule has 2 aliphatic rings. The molecule has 2 fully saturated rings. The second-order valence-electron chi connectivity index (χ2n) is 8.23. The number of hydrogen-bond donors (Lipinski definition) is 0. The summed E-state index contributed by atoms with van der Waals surface area (Å²) in [5.74, 6) is 2.11. The second-order valence-corrected chi connectivity index (χ2v) is 10.5. The average Bonchev–Trinajstić information content (AvgIpc) is 3.39. The van der Waals surface area contributed by atoms with E-state index in [1.165, 1.54) is 6.42 Å². The number of hydrogen-bond acceptors (Lipinski definition) is 6. The monoisotopic (exact) mass is 446 g/mol. The van der Waals surface area contributed by atoms with Gasteiger partial charge in [-0.2, -0.15) is 0 Å². The summed E-state index contributed by atoms with van der Waals surface area (Å²) in [6.07, 6.45) is 3.99. The third-order valence-electron chi connectivity index (χ3n) is 5.96.